The van der Waals surface area contributed by atoms with E-state index in [1.54, 1.807) is 10.9 Å². The third kappa shape index (κ3) is 3.17. The molecule has 0 fully saturated rings. The first kappa shape index (κ1) is 13.7. The van der Waals surface area contributed by atoms with Crippen LogP contribution in [0, 0.1) is 13.8 Å². The molecule has 2 aromatic heterocycles. The van der Waals surface area contributed by atoms with Crippen molar-refractivity contribution in [2.24, 2.45) is 7.05 Å². The zero-order valence-electron chi connectivity index (χ0n) is 12.1. The van der Waals surface area contributed by atoms with Crippen molar-refractivity contribution in [2.45, 2.75) is 27.2 Å². The topological polar surface area (TPSA) is 55.6 Å². The lowest BCUT2D eigenvalue weighted by molar-refractivity contribution is 0.708. The van der Waals surface area contributed by atoms with Gasteiger partial charge < -0.3 is 5.32 Å². The lowest BCUT2D eigenvalue weighted by Gasteiger charge is -2.10. The minimum atomic E-state index is 0.760. The maximum absolute atomic E-state index is 4.60. The number of nitrogens with zero attached hydrogens (tertiary/aromatic N) is 4. The molecule has 2 heterocycles. The number of hydrogen-bond donors (Lipinski definition) is 1. The molecule has 0 saturated heterocycles. The maximum Gasteiger partial charge on any atom is 0.162 e. The Bertz CT molecular complexity index is 536. The van der Waals surface area contributed by atoms with Crippen LogP contribution in [0.2, 0.25) is 0 Å². The smallest absolute Gasteiger partial charge is 0.162 e. The molecule has 0 amide bonds. The van der Waals surface area contributed by atoms with E-state index in [1.807, 2.05) is 13.2 Å². The fourth-order valence-electron chi connectivity index (χ4n) is 2.16. The van der Waals surface area contributed by atoms with Gasteiger partial charge in [0.25, 0.3) is 0 Å². The highest BCUT2D eigenvalue weighted by Crippen LogP contribution is 2.18. The molecule has 0 atom stereocenters. The van der Waals surface area contributed by atoms with E-state index in [0.717, 1.165) is 42.3 Å². The van der Waals surface area contributed by atoms with Crippen LogP contribution in [0.1, 0.15) is 23.9 Å². The second-order valence-corrected chi connectivity index (χ2v) is 4.70. The minimum absolute atomic E-state index is 0.760. The van der Waals surface area contributed by atoms with Gasteiger partial charge in [-0.05, 0) is 38.9 Å². The molecule has 0 aliphatic heterocycles. The van der Waals surface area contributed by atoms with Crippen molar-refractivity contribution in [3.63, 3.8) is 0 Å². The molecule has 0 saturated carbocycles. The number of aryl methyl sites for hydroxylation is 3. The van der Waals surface area contributed by atoms with Gasteiger partial charge >= 0.3 is 0 Å². The van der Waals surface area contributed by atoms with Gasteiger partial charge in [-0.15, -0.1) is 0 Å². The van der Waals surface area contributed by atoms with Gasteiger partial charge in [-0.25, -0.2) is 9.97 Å². The van der Waals surface area contributed by atoms with E-state index in [0.29, 0.717) is 0 Å². The maximum atomic E-state index is 4.60. The summed E-state index contributed by atoms with van der Waals surface area (Å²) in [4.78, 5) is 9.21. The standard InChI is InChI=1S/C14H21N5/c1-5-15-7-6-13-10(2)17-14(18-11(13)3)12-8-16-19(4)9-12/h8-9,15H,5-7H2,1-4H3. The third-order valence-corrected chi connectivity index (χ3v) is 3.19. The van der Waals surface area contributed by atoms with Crippen molar-refractivity contribution >= 4 is 0 Å². The Labute approximate surface area is 114 Å². The Morgan fingerprint density at radius 1 is 1.21 bits per heavy atom. The molecular formula is C14H21N5. The summed E-state index contributed by atoms with van der Waals surface area (Å²) in [5.74, 6) is 0.760. The number of rotatable bonds is 5. The molecule has 102 valence electrons. The summed E-state index contributed by atoms with van der Waals surface area (Å²) in [6, 6.07) is 0. The van der Waals surface area contributed by atoms with Crippen molar-refractivity contribution < 1.29 is 0 Å². The number of likely N-dealkylation sites (N-methyl/N-ethyl adjacent to an activating group) is 1. The zero-order chi connectivity index (χ0) is 13.8. The molecule has 2 rings (SSSR count). The fraction of sp³-hybridized carbons (Fsp3) is 0.500. The molecule has 1 N–H and O–H groups in total. The quantitative estimate of drug-likeness (QED) is 0.829. The van der Waals surface area contributed by atoms with Crippen molar-refractivity contribution in [3.05, 3.63) is 29.3 Å². The van der Waals surface area contributed by atoms with Crippen molar-refractivity contribution in [3.8, 4) is 11.4 Å². The van der Waals surface area contributed by atoms with Crippen LogP contribution < -0.4 is 5.32 Å². The zero-order valence-corrected chi connectivity index (χ0v) is 12.1. The lowest BCUT2D eigenvalue weighted by Crippen LogP contribution is -2.17. The first-order chi connectivity index (χ1) is 9.11. The van der Waals surface area contributed by atoms with E-state index in [2.05, 4.69) is 41.2 Å². The van der Waals surface area contributed by atoms with E-state index in [1.165, 1.54) is 5.56 Å². The van der Waals surface area contributed by atoms with Crippen LogP contribution in [0.25, 0.3) is 11.4 Å². The molecule has 19 heavy (non-hydrogen) atoms. The highest BCUT2D eigenvalue weighted by Gasteiger charge is 2.10. The average Bonchev–Trinajstić information content (AvgIpc) is 2.79. The summed E-state index contributed by atoms with van der Waals surface area (Å²) in [5.41, 5.74) is 4.33. The van der Waals surface area contributed by atoms with E-state index in [-0.39, 0.29) is 0 Å². The Hall–Kier alpha value is -1.75. The van der Waals surface area contributed by atoms with Crippen LogP contribution in [0.15, 0.2) is 12.4 Å². The van der Waals surface area contributed by atoms with E-state index in [9.17, 15) is 0 Å². The Kier molecular flexibility index (Phi) is 4.27. The summed E-state index contributed by atoms with van der Waals surface area (Å²) in [6.45, 7) is 8.17. The lowest BCUT2D eigenvalue weighted by atomic mass is 10.1. The molecule has 0 radical (unpaired) electrons. The molecule has 5 nitrogen and oxygen atoms in total. The summed E-state index contributed by atoms with van der Waals surface area (Å²) >= 11 is 0. The minimum Gasteiger partial charge on any atom is -0.317 e. The average molecular weight is 259 g/mol. The van der Waals surface area contributed by atoms with Gasteiger partial charge in [0, 0.05) is 24.6 Å². The van der Waals surface area contributed by atoms with E-state index in [4.69, 9.17) is 0 Å². The summed E-state index contributed by atoms with van der Waals surface area (Å²) < 4.78 is 1.77. The Balaban J connectivity index is 2.26. The van der Waals surface area contributed by atoms with Gasteiger partial charge in [0.1, 0.15) is 0 Å². The first-order valence-electron chi connectivity index (χ1n) is 6.65. The molecule has 0 spiro atoms. The molecule has 0 unspecified atom stereocenters. The Morgan fingerprint density at radius 2 is 1.89 bits per heavy atom. The van der Waals surface area contributed by atoms with Crippen LogP contribution in [0.4, 0.5) is 0 Å². The van der Waals surface area contributed by atoms with Crippen molar-refractivity contribution in [1.82, 2.24) is 25.1 Å². The second-order valence-electron chi connectivity index (χ2n) is 4.70. The first-order valence-corrected chi connectivity index (χ1v) is 6.65. The van der Waals surface area contributed by atoms with Crippen LogP contribution in [-0.2, 0) is 13.5 Å². The predicted octanol–water partition coefficient (Wildman–Crippen LogP) is 1.65. The van der Waals surface area contributed by atoms with E-state index < -0.39 is 0 Å². The molecule has 2 aromatic rings. The summed E-state index contributed by atoms with van der Waals surface area (Å²) in [5, 5.41) is 7.49. The third-order valence-electron chi connectivity index (χ3n) is 3.19. The van der Waals surface area contributed by atoms with Gasteiger partial charge in [0.2, 0.25) is 0 Å². The van der Waals surface area contributed by atoms with Crippen LogP contribution >= 0.6 is 0 Å². The SMILES string of the molecule is CCNCCc1c(C)nc(-c2cnn(C)c2)nc1C. The second kappa shape index (κ2) is 5.93. The summed E-state index contributed by atoms with van der Waals surface area (Å²) in [7, 11) is 1.90. The fourth-order valence-corrected chi connectivity index (χ4v) is 2.16. The van der Waals surface area contributed by atoms with Gasteiger partial charge in [-0.1, -0.05) is 6.92 Å². The normalized spacial score (nSPS) is 10.9. The largest absolute Gasteiger partial charge is 0.317 e. The molecule has 0 aliphatic carbocycles. The van der Waals surface area contributed by atoms with Crippen LogP contribution in [0.5, 0.6) is 0 Å². The highest BCUT2D eigenvalue weighted by molar-refractivity contribution is 5.53. The number of aromatic nitrogens is 4. The summed E-state index contributed by atoms with van der Waals surface area (Å²) in [6.07, 6.45) is 4.71. The predicted molar refractivity (Wildman–Crippen MR) is 76.0 cm³/mol. The van der Waals surface area contributed by atoms with Gasteiger partial charge in [-0.3, -0.25) is 4.68 Å². The molecule has 0 aliphatic rings. The Morgan fingerprint density at radius 3 is 2.42 bits per heavy atom. The van der Waals surface area contributed by atoms with Crippen molar-refractivity contribution in [2.75, 3.05) is 13.1 Å². The van der Waals surface area contributed by atoms with Gasteiger partial charge in [-0.2, -0.15) is 5.10 Å². The van der Waals surface area contributed by atoms with Crippen LogP contribution in [-0.4, -0.2) is 32.8 Å². The van der Waals surface area contributed by atoms with E-state index >= 15 is 0 Å². The molecular weight excluding hydrogens is 238 g/mol. The monoisotopic (exact) mass is 259 g/mol. The van der Waals surface area contributed by atoms with Crippen LogP contribution in [0.3, 0.4) is 0 Å². The molecule has 0 bridgehead atoms. The highest BCUT2D eigenvalue weighted by atomic mass is 15.2. The van der Waals surface area contributed by atoms with Crippen molar-refractivity contribution in [1.29, 1.82) is 0 Å². The number of nitrogens with one attached hydrogen (secondary N) is 1. The van der Waals surface area contributed by atoms with Gasteiger partial charge in [0.15, 0.2) is 5.82 Å². The molecule has 5 heteroatoms. The van der Waals surface area contributed by atoms with Gasteiger partial charge in [0.05, 0.1) is 11.8 Å². The molecule has 0 aromatic carbocycles. The number of hydrogen-bond acceptors (Lipinski definition) is 4.